The summed E-state index contributed by atoms with van der Waals surface area (Å²) in [4.78, 5) is 14.5. The average Bonchev–Trinajstić information content (AvgIpc) is 3.12. The quantitative estimate of drug-likeness (QED) is 0.0467. The van der Waals surface area contributed by atoms with Crippen LogP contribution < -0.4 is 0 Å². The van der Waals surface area contributed by atoms with Gasteiger partial charge in [-0.3, -0.25) is 4.79 Å². The van der Waals surface area contributed by atoms with E-state index in [1.165, 1.54) is 186 Å². The van der Waals surface area contributed by atoms with E-state index in [1.54, 1.807) is 0 Å². The Balaban J connectivity index is 3.91. The molecule has 50 heavy (non-hydrogen) atoms. The third-order valence-corrected chi connectivity index (χ3v) is 10.4. The lowest BCUT2D eigenvalue weighted by Crippen LogP contribution is -2.27. The van der Waals surface area contributed by atoms with Crippen molar-refractivity contribution in [2.45, 2.75) is 245 Å². The second-order valence-electron chi connectivity index (χ2n) is 15.3. The molecule has 0 aliphatic rings. The Hall–Kier alpha value is -1.12. The topological polar surface area (TPSA) is 62.6 Å². The van der Waals surface area contributed by atoms with Crippen molar-refractivity contribution in [3.05, 3.63) is 0 Å². The number of carbonyl (C=O) groups is 1. The number of hydrogen-bond donors (Lipinski definition) is 0. The molecule has 0 rings (SSSR count). The molecule has 0 aliphatic carbocycles. The first-order valence-corrected chi connectivity index (χ1v) is 22.5. The minimum atomic E-state index is -0.0155. The predicted molar refractivity (Wildman–Crippen MR) is 217 cm³/mol. The number of rotatable bonds is 42. The van der Waals surface area contributed by atoms with Crippen LogP contribution in [0.3, 0.4) is 0 Å². The summed E-state index contributed by atoms with van der Waals surface area (Å²) in [5.74, 6) is -0.0155. The first-order chi connectivity index (χ1) is 24.7. The normalized spacial score (nSPS) is 11.5. The van der Waals surface area contributed by atoms with Crippen molar-refractivity contribution in [1.29, 1.82) is 5.26 Å². The SMILES string of the molecule is CCCCCCCCCOC(=O)CCCCCCCN(CCC#N)CCCCCCCCOC(CCCCCCCC)CCCCCCCC. The lowest BCUT2D eigenvalue weighted by Gasteiger charge is -2.21. The van der Waals surface area contributed by atoms with Crippen LogP contribution in [0.5, 0.6) is 0 Å². The molecule has 0 saturated heterocycles. The Labute approximate surface area is 313 Å². The van der Waals surface area contributed by atoms with Gasteiger partial charge in [-0.25, -0.2) is 0 Å². The van der Waals surface area contributed by atoms with E-state index in [0.29, 0.717) is 25.6 Å². The summed E-state index contributed by atoms with van der Waals surface area (Å²) < 4.78 is 11.9. The molecule has 0 atom stereocenters. The molecule has 0 radical (unpaired) electrons. The van der Waals surface area contributed by atoms with Crippen molar-refractivity contribution in [3.63, 3.8) is 0 Å². The second-order valence-corrected chi connectivity index (χ2v) is 15.3. The first-order valence-electron chi connectivity index (χ1n) is 22.5. The van der Waals surface area contributed by atoms with Gasteiger partial charge in [0.1, 0.15) is 0 Å². The Bertz CT molecular complexity index is 693. The molecule has 0 saturated carbocycles. The Morgan fingerprint density at radius 2 is 0.900 bits per heavy atom. The van der Waals surface area contributed by atoms with E-state index in [2.05, 4.69) is 31.7 Å². The smallest absolute Gasteiger partial charge is 0.305 e. The van der Waals surface area contributed by atoms with E-state index in [1.807, 2.05) is 0 Å². The summed E-state index contributed by atoms with van der Waals surface area (Å²) in [5.41, 5.74) is 0. The molecule has 0 heterocycles. The zero-order valence-electron chi connectivity index (χ0n) is 34.3. The molecule has 0 spiro atoms. The molecule has 5 nitrogen and oxygen atoms in total. The highest BCUT2D eigenvalue weighted by atomic mass is 16.5. The summed E-state index contributed by atoms with van der Waals surface area (Å²) in [6.07, 6.45) is 42.7. The van der Waals surface area contributed by atoms with Crippen LogP contribution in [0.4, 0.5) is 0 Å². The largest absolute Gasteiger partial charge is 0.466 e. The van der Waals surface area contributed by atoms with Crippen LogP contribution in [0.15, 0.2) is 0 Å². The van der Waals surface area contributed by atoms with Crippen molar-refractivity contribution in [2.24, 2.45) is 0 Å². The standard InChI is InChI=1S/C45H88N2O3/c1-4-7-10-13-17-26-33-43-50-45(48)37-29-22-19-24-31-40-47(41-34-38-46)39-30-23-16-18-25-32-42-49-44(35-27-20-14-11-8-5-2)36-28-21-15-12-9-6-3/h44H,4-37,39-43H2,1-3H3. The molecule has 0 bridgehead atoms. The van der Waals surface area contributed by atoms with Gasteiger partial charge in [0.25, 0.3) is 0 Å². The molecule has 5 heteroatoms. The van der Waals surface area contributed by atoms with Crippen LogP contribution in [0, 0.1) is 11.3 Å². The van der Waals surface area contributed by atoms with Gasteiger partial charge < -0.3 is 14.4 Å². The van der Waals surface area contributed by atoms with Crippen LogP contribution in [-0.2, 0) is 14.3 Å². The Morgan fingerprint density at radius 1 is 0.500 bits per heavy atom. The maximum absolute atomic E-state index is 12.0. The molecule has 0 N–H and O–H groups in total. The predicted octanol–water partition coefficient (Wildman–Crippen LogP) is 14.1. The monoisotopic (exact) mass is 705 g/mol. The van der Waals surface area contributed by atoms with Crippen LogP contribution >= 0.6 is 0 Å². The molecule has 0 fully saturated rings. The number of ether oxygens (including phenoxy) is 2. The highest BCUT2D eigenvalue weighted by molar-refractivity contribution is 5.69. The average molecular weight is 705 g/mol. The number of nitrogens with zero attached hydrogens (tertiary/aromatic N) is 2. The van der Waals surface area contributed by atoms with Crippen LogP contribution in [0.1, 0.15) is 239 Å². The molecule has 0 aliphatic heterocycles. The lowest BCUT2D eigenvalue weighted by atomic mass is 10.0. The number of hydrogen-bond acceptors (Lipinski definition) is 5. The third kappa shape index (κ3) is 38.1. The number of esters is 1. The van der Waals surface area contributed by atoms with E-state index in [-0.39, 0.29) is 5.97 Å². The van der Waals surface area contributed by atoms with Crippen molar-refractivity contribution >= 4 is 5.97 Å². The van der Waals surface area contributed by atoms with Gasteiger partial charge in [0.05, 0.1) is 18.8 Å². The van der Waals surface area contributed by atoms with E-state index in [0.717, 1.165) is 45.5 Å². The second kappa shape index (κ2) is 42.3. The minimum absolute atomic E-state index is 0.0155. The van der Waals surface area contributed by atoms with Gasteiger partial charge in [-0.05, 0) is 58.0 Å². The van der Waals surface area contributed by atoms with Crippen molar-refractivity contribution in [2.75, 3.05) is 32.8 Å². The number of carbonyl (C=O) groups excluding carboxylic acids is 1. The van der Waals surface area contributed by atoms with Crippen LogP contribution in [0.2, 0.25) is 0 Å². The lowest BCUT2D eigenvalue weighted by molar-refractivity contribution is -0.143. The fraction of sp³-hybridized carbons (Fsp3) is 0.956. The van der Waals surface area contributed by atoms with E-state index in [4.69, 9.17) is 14.7 Å². The molecule has 0 aromatic carbocycles. The maximum atomic E-state index is 12.0. The minimum Gasteiger partial charge on any atom is -0.466 e. The fourth-order valence-electron chi connectivity index (χ4n) is 7.01. The Morgan fingerprint density at radius 3 is 1.38 bits per heavy atom. The van der Waals surface area contributed by atoms with Gasteiger partial charge in [-0.2, -0.15) is 5.26 Å². The van der Waals surface area contributed by atoms with E-state index < -0.39 is 0 Å². The highest BCUT2D eigenvalue weighted by Crippen LogP contribution is 2.18. The van der Waals surface area contributed by atoms with Crippen LogP contribution in [-0.4, -0.2) is 49.8 Å². The van der Waals surface area contributed by atoms with Gasteiger partial charge in [0.15, 0.2) is 0 Å². The van der Waals surface area contributed by atoms with E-state index in [9.17, 15) is 4.79 Å². The zero-order chi connectivity index (χ0) is 36.4. The zero-order valence-corrected chi connectivity index (χ0v) is 34.3. The number of nitriles is 1. The first kappa shape index (κ1) is 48.9. The van der Waals surface area contributed by atoms with Gasteiger partial charge in [0, 0.05) is 26.0 Å². The molecular formula is C45H88N2O3. The summed E-state index contributed by atoms with van der Waals surface area (Å²) in [5, 5.41) is 9.14. The fourth-order valence-corrected chi connectivity index (χ4v) is 7.01. The van der Waals surface area contributed by atoms with Gasteiger partial charge >= 0.3 is 5.97 Å². The summed E-state index contributed by atoms with van der Waals surface area (Å²) in [7, 11) is 0. The molecule has 0 aromatic rings. The summed E-state index contributed by atoms with van der Waals surface area (Å²) >= 11 is 0. The molecule has 0 unspecified atom stereocenters. The van der Waals surface area contributed by atoms with Gasteiger partial charge in [0.2, 0.25) is 0 Å². The Kier molecular flexibility index (Phi) is 41.3. The van der Waals surface area contributed by atoms with Crippen molar-refractivity contribution < 1.29 is 14.3 Å². The number of unbranched alkanes of at least 4 members (excludes halogenated alkanes) is 25. The molecule has 0 amide bonds. The van der Waals surface area contributed by atoms with Crippen molar-refractivity contribution in [1.82, 2.24) is 4.90 Å². The van der Waals surface area contributed by atoms with Crippen molar-refractivity contribution in [3.8, 4) is 6.07 Å². The van der Waals surface area contributed by atoms with E-state index >= 15 is 0 Å². The summed E-state index contributed by atoms with van der Waals surface area (Å²) in [6, 6.07) is 2.34. The highest BCUT2D eigenvalue weighted by Gasteiger charge is 2.10. The maximum Gasteiger partial charge on any atom is 0.305 e. The third-order valence-electron chi connectivity index (χ3n) is 10.4. The van der Waals surface area contributed by atoms with Gasteiger partial charge in [-0.1, -0.05) is 181 Å². The van der Waals surface area contributed by atoms with Crippen LogP contribution in [0.25, 0.3) is 0 Å². The molecule has 0 aromatic heterocycles. The molecular weight excluding hydrogens is 617 g/mol. The summed E-state index contributed by atoms with van der Waals surface area (Å²) in [6.45, 7) is 11.5. The van der Waals surface area contributed by atoms with Gasteiger partial charge in [-0.15, -0.1) is 0 Å². The molecule has 296 valence electrons.